The van der Waals surface area contributed by atoms with Crippen LogP contribution in [0.1, 0.15) is 185 Å². The molecule has 2 aliphatic heterocycles. The van der Waals surface area contributed by atoms with Gasteiger partial charge in [-0.3, -0.25) is 4.90 Å². The molecule has 0 amide bonds. The summed E-state index contributed by atoms with van der Waals surface area (Å²) in [4.78, 5) is 5.28. The summed E-state index contributed by atoms with van der Waals surface area (Å²) in [5.74, 6) is 2.24. The molecule has 4 heteroatoms. The molecule has 4 aliphatic carbocycles. The molecule has 2 bridgehead atoms. The van der Waals surface area contributed by atoms with Gasteiger partial charge in [-0.2, -0.15) is 0 Å². The lowest BCUT2D eigenvalue weighted by atomic mass is 9.33. The number of fused-ring (bicyclic) bond motifs is 12. The zero-order valence-corrected chi connectivity index (χ0v) is 45.3. The molecular formula is C67H75BN2O. The first kappa shape index (κ1) is 45.4. The number of hydrogen-bond acceptors (Lipinski definition) is 3. The second-order valence-corrected chi connectivity index (χ2v) is 27.5. The van der Waals surface area contributed by atoms with E-state index < -0.39 is 0 Å². The van der Waals surface area contributed by atoms with Gasteiger partial charge in [0, 0.05) is 39.2 Å². The molecule has 0 spiro atoms. The van der Waals surface area contributed by atoms with E-state index in [0.717, 1.165) is 30.2 Å². The molecule has 3 unspecified atom stereocenters. The minimum absolute atomic E-state index is 0.0182. The molecular weight excluding hydrogens is 860 g/mol. The van der Waals surface area contributed by atoms with Crippen molar-refractivity contribution in [3.63, 3.8) is 0 Å². The largest absolute Gasteiger partial charge is 0.440 e. The van der Waals surface area contributed by atoms with Gasteiger partial charge in [-0.05, 0) is 212 Å². The summed E-state index contributed by atoms with van der Waals surface area (Å²) in [6.07, 6.45) is 8.52. The van der Waals surface area contributed by atoms with Gasteiger partial charge in [0.05, 0.1) is 5.69 Å². The van der Waals surface area contributed by atoms with E-state index in [-0.39, 0.29) is 39.2 Å². The van der Waals surface area contributed by atoms with Crippen LogP contribution in [0.3, 0.4) is 0 Å². The normalized spacial score (nSPS) is 23.7. The Bertz CT molecular complexity index is 3410. The van der Waals surface area contributed by atoms with E-state index in [1.807, 2.05) is 0 Å². The number of benzene rings is 6. The highest BCUT2D eigenvalue weighted by Gasteiger charge is 2.51. The molecule has 0 N–H and O–H groups in total. The SMILES string of the molecule is Cc1cc2c3c(c1)N(c1ccc4c(c1)C(C)(C)CCC4(C)C)c1oc4cc5c(cc4c1B3c1cc3c(cc1N2c1ccc(C(C)(C)C)cc1-c1ccccc1)C(C)(C)CCC3(C)C)C(C)C1CCC5(C)C1. The molecule has 1 aromatic heterocycles. The van der Waals surface area contributed by atoms with Crippen LogP contribution in [0.5, 0.6) is 0 Å². The van der Waals surface area contributed by atoms with Crippen molar-refractivity contribution in [1.82, 2.24) is 0 Å². The highest BCUT2D eigenvalue weighted by molar-refractivity contribution is 7.01. The number of nitrogens with zero attached hydrogens (tertiary/aromatic N) is 2. The maximum Gasteiger partial charge on any atom is 0.257 e. The Kier molecular flexibility index (Phi) is 9.34. The lowest BCUT2D eigenvalue weighted by Gasteiger charge is -2.47. The molecule has 3 heterocycles. The van der Waals surface area contributed by atoms with Crippen molar-refractivity contribution in [3.8, 4) is 11.1 Å². The van der Waals surface area contributed by atoms with Crippen LogP contribution in [-0.4, -0.2) is 6.71 Å². The Morgan fingerprint density at radius 1 is 0.577 bits per heavy atom. The average Bonchev–Trinajstić information content (AvgIpc) is 3.89. The van der Waals surface area contributed by atoms with E-state index >= 15 is 0 Å². The summed E-state index contributed by atoms with van der Waals surface area (Å²) in [5.41, 5.74) is 25.8. The Labute approximate surface area is 425 Å². The summed E-state index contributed by atoms with van der Waals surface area (Å²) < 4.78 is 7.69. The monoisotopic (exact) mass is 935 g/mol. The molecule has 3 atom stereocenters. The van der Waals surface area contributed by atoms with Gasteiger partial charge in [-0.1, -0.05) is 139 Å². The van der Waals surface area contributed by atoms with Gasteiger partial charge in [-0.15, -0.1) is 0 Å². The van der Waals surface area contributed by atoms with E-state index in [4.69, 9.17) is 4.42 Å². The highest BCUT2D eigenvalue weighted by atomic mass is 16.4. The lowest BCUT2D eigenvalue weighted by Crippen LogP contribution is -2.61. The topological polar surface area (TPSA) is 19.6 Å². The van der Waals surface area contributed by atoms with Crippen LogP contribution in [0.25, 0.3) is 22.1 Å². The van der Waals surface area contributed by atoms with Gasteiger partial charge in [0.2, 0.25) is 5.88 Å². The molecule has 0 saturated heterocycles. The third-order valence-corrected chi connectivity index (χ3v) is 19.9. The Balaban J connectivity index is 1.17. The van der Waals surface area contributed by atoms with Crippen LogP contribution in [0.4, 0.5) is 34.3 Å². The highest BCUT2D eigenvalue weighted by Crippen LogP contribution is 2.58. The first-order chi connectivity index (χ1) is 33.5. The first-order valence-electron chi connectivity index (χ1n) is 27.4. The van der Waals surface area contributed by atoms with Crippen LogP contribution in [0.2, 0.25) is 0 Å². The van der Waals surface area contributed by atoms with Crippen molar-refractivity contribution < 1.29 is 4.42 Å². The fourth-order valence-electron chi connectivity index (χ4n) is 15.2. The summed E-state index contributed by atoms with van der Waals surface area (Å²) in [5, 5.41) is 1.29. The van der Waals surface area contributed by atoms with Gasteiger partial charge in [0.1, 0.15) is 5.58 Å². The third kappa shape index (κ3) is 6.47. The number of aryl methyl sites for hydroxylation is 1. The standard InChI is InChI=1S/C67H75BN2O/c1-39-30-56-60-57(31-39)70(54-23-20-43(62(3,4)5)32-46(54)41-18-16-15-17-19-41)55-36-52-51(65(10,11)28-29-66(52,12)13)35-53(55)68(60)59-47-34-45-40(2)42-24-25-67(14,38-42)49(45)37-58(47)71-61(59)69(56)44-21-22-48-50(33-44)64(8,9)27-26-63(48,6)7/h15-23,30-37,40,42H,24-29,38H2,1-14H3. The summed E-state index contributed by atoms with van der Waals surface area (Å²) in [6.45, 7) is 34.2. The molecule has 362 valence electrons. The van der Waals surface area contributed by atoms with Crippen LogP contribution in [-0.2, 0) is 32.5 Å². The molecule has 6 aliphatic rings. The second kappa shape index (κ2) is 14.6. The molecule has 13 rings (SSSR count). The van der Waals surface area contributed by atoms with Crippen LogP contribution in [0.15, 0.2) is 108 Å². The van der Waals surface area contributed by atoms with Gasteiger partial charge >= 0.3 is 0 Å². The van der Waals surface area contributed by atoms with Gasteiger partial charge in [-0.25, -0.2) is 0 Å². The van der Waals surface area contributed by atoms with E-state index in [1.54, 1.807) is 5.56 Å². The van der Waals surface area contributed by atoms with E-state index in [1.165, 1.54) is 132 Å². The van der Waals surface area contributed by atoms with E-state index in [0.29, 0.717) is 5.92 Å². The fraction of sp³-hybridized carbons (Fsp3) is 0.433. The Morgan fingerprint density at radius 2 is 1.21 bits per heavy atom. The van der Waals surface area contributed by atoms with Crippen molar-refractivity contribution >= 4 is 68.4 Å². The zero-order valence-electron chi connectivity index (χ0n) is 45.3. The summed E-state index contributed by atoms with van der Waals surface area (Å²) in [6, 6.07) is 41.5. The van der Waals surface area contributed by atoms with Crippen molar-refractivity contribution in [1.29, 1.82) is 0 Å². The van der Waals surface area contributed by atoms with Crippen molar-refractivity contribution in [3.05, 3.63) is 148 Å². The third-order valence-electron chi connectivity index (χ3n) is 19.9. The maximum atomic E-state index is 7.69. The number of hydrogen-bond donors (Lipinski definition) is 0. The fourth-order valence-corrected chi connectivity index (χ4v) is 15.2. The van der Waals surface area contributed by atoms with Crippen LogP contribution < -0.4 is 26.2 Å². The van der Waals surface area contributed by atoms with Gasteiger partial charge < -0.3 is 9.32 Å². The molecule has 6 aromatic carbocycles. The summed E-state index contributed by atoms with van der Waals surface area (Å²) >= 11 is 0. The first-order valence-corrected chi connectivity index (χ1v) is 27.4. The number of anilines is 6. The Hall–Kier alpha value is -5.48. The molecule has 71 heavy (non-hydrogen) atoms. The Morgan fingerprint density at radius 3 is 1.89 bits per heavy atom. The molecule has 1 fully saturated rings. The smallest absolute Gasteiger partial charge is 0.257 e. The predicted octanol–water partition coefficient (Wildman–Crippen LogP) is 16.7. The van der Waals surface area contributed by atoms with Crippen LogP contribution >= 0.6 is 0 Å². The maximum absolute atomic E-state index is 7.69. The average molecular weight is 935 g/mol. The van der Waals surface area contributed by atoms with Crippen molar-refractivity contribution in [2.75, 3.05) is 9.80 Å². The number of rotatable bonds is 3. The minimum atomic E-state index is -0.0447. The quantitative estimate of drug-likeness (QED) is 0.165. The number of furan rings is 1. The van der Waals surface area contributed by atoms with Crippen molar-refractivity contribution in [2.45, 2.75) is 180 Å². The molecule has 0 radical (unpaired) electrons. The lowest BCUT2D eigenvalue weighted by molar-refractivity contribution is 0.332. The zero-order chi connectivity index (χ0) is 49.7. The predicted molar refractivity (Wildman–Crippen MR) is 303 cm³/mol. The van der Waals surface area contributed by atoms with Crippen LogP contribution in [0, 0.1) is 12.8 Å². The van der Waals surface area contributed by atoms with E-state index in [9.17, 15) is 0 Å². The molecule has 3 nitrogen and oxygen atoms in total. The second-order valence-electron chi connectivity index (χ2n) is 27.5. The molecule has 7 aromatic rings. The minimum Gasteiger partial charge on any atom is -0.440 e. The summed E-state index contributed by atoms with van der Waals surface area (Å²) in [7, 11) is 0. The molecule has 1 saturated carbocycles. The van der Waals surface area contributed by atoms with Gasteiger partial charge in [0.25, 0.3) is 6.71 Å². The van der Waals surface area contributed by atoms with E-state index in [2.05, 4.69) is 210 Å². The van der Waals surface area contributed by atoms with Gasteiger partial charge in [0.15, 0.2) is 0 Å². The van der Waals surface area contributed by atoms with Crippen molar-refractivity contribution in [2.24, 2.45) is 5.92 Å².